The molecule has 1 aromatic heterocycles. The summed E-state index contributed by atoms with van der Waals surface area (Å²) in [6, 6.07) is 16.5. The van der Waals surface area contributed by atoms with Crippen LogP contribution < -0.4 is 20.7 Å². The van der Waals surface area contributed by atoms with Crippen molar-refractivity contribution in [3.05, 3.63) is 93.3 Å². The van der Waals surface area contributed by atoms with Gasteiger partial charge in [0.25, 0.3) is 5.56 Å². The Morgan fingerprint density at radius 3 is 2.16 bits per heavy atom. The number of benzene rings is 2. The molecule has 1 aliphatic heterocycles. The summed E-state index contributed by atoms with van der Waals surface area (Å²) in [4.78, 5) is 58.4. The van der Waals surface area contributed by atoms with Crippen molar-refractivity contribution in [1.82, 2.24) is 14.6 Å². The third kappa shape index (κ3) is 8.00. The molecule has 1 N–H and O–H groups in total. The van der Waals surface area contributed by atoms with Gasteiger partial charge < -0.3 is 18.6 Å². The number of hydroxylamine groups is 2. The Balaban J connectivity index is 1.63. The first kappa shape index (κ1) is 31.7. The number of aromatic amines is 1. The Kier molecular flexibility index (Phi) is 9.58. The van der Waals surface area contributed by atoms with Crippen LogP contribution in [-0.2, 0) is 14.0 Å². The fourth-order valence-corrected chi connectivity index (χ4v) is 5.52. The third-order valence-corrected chi connectivity index (χ3v) is 12.0. The predicted molar refractivity (Wildman–Crippen MR) is 159 cm³/mol. The Hall–Kier alpha value is -4.20. The summed E-state index contributed by atoms with van der Waals surface area (Å²) in [5, 5.41) is 0.553. The van der Waals surface area contributed by atoms with E-state index in [9.17, 15) is 19.2 Å². The summed E-state index contributed by atoms with van der Waals surface area (Å²) in [5.74, 6) is 0.445. The molecule has 0 radical (unpaired) electrons. The Bertz CT molecular complexity index is 1530. The zero-order valence-electron chi connectivity index (χ0n) is 25.1. The lowest BCUT2D eigenvalue weighted by atomic mass is 10.2. The maximum atomic E-state index is 13.3. The fourth-order valence-electron chi connectivity index (χ4n) is 4.16. The number of nitrogens with one attached hydrogen (secondary N) is 1. The van der Waals surface area contributed by atoms with Gasteiger partial charge in [-0.25, -0.2) is 14.4 Å². The van der Waals surface area contributed by atoms with Crippen LogP contribution in [0.3, 0.4) is 0 Å². The summed E-state index contributed by atoms with van der Waals surface area (Å²) >= 11 is 0. The number of ether oxygens (including phenoxy) is 3. The maximum Gasteiger partial charge on any atom is 0.539 e. The molecule has 12 nitrogen and oxygen atoms in total. The van der Waals surface area contributed by atoms with E-state index in [1.165, 1.54) is 10.8 Å². The number of carbonyl (C=O) groups is 2. The van der Waals surface area contributed by atoms with Crippen molar-refractivity contribution < 1.29 is 33.1 Å². The topological polar surface area (TPSA) is 138 Å². The summed E-state index contributed by atoms with van der Waals surface area (Å²) in [7, 11) is -2.39. The lowest BCUT2D eigenvalue weighted by Crippen LogP contribution is -2.49. The molecule has 0 unspecified atom stereocenters. The van der Waals surface area contributed by atoms with E-state index in [0.717, 1.165) is 0 Å². The van der Waals surface area contributed by atoms with Gasteiger partial charge in [-0.3, -0.25) is 19.2 Å². The van der Waals surface area contributed by atoms with Crippen LogP contribution in [0, 0.1) is 6.92 Å². The number of rotatable bonds is 7. The number of nitrogens with zero attached hydrogens (tertiary/aromatic N) is 2. The van der Waals surface area contributed by atoms with Gasteiger partial charge >= 0.3 is 17.9 Å². The zero-order chi connectivity index (χ0) is 31.4. The molecule has 0 aliphatic carbocycles. The van der Waals surface area contributed by atoms with Crippen molar-refractivity contribution in [2.24, 2.45) is 0 Å². The monoisotopic (exact) mass is 611 g/mol. The average Bonchev–Trinajstić information content (AvgIpc) is 3.31. The smallest absolute Gasteiger partial charge is 0.411 e. The molecular weight excluding hydrogens is 574 g/mol. The molecular formula is C30H37N3O9Si. The van der Waals surface area contributed by atoms with Gasteiger partial charge in [-0.05, 0) is 49.3 Å². The quantitative estimate of drug-likeness (QED) is 0.166. The Morgan fingerprint density at radius 2 is 1.58 bits per heavy atom. The van der Waals surface area contributed by atoms with E-state index in [1.54, 1.807) is 67.6 Å². The molecule has 4 rings (SSSR count). The number of carbonyl (C=O) groups excluding carboxylic acids is 2. The van der Waals surface area contributed by atoms with Crippen molar-refractivity contribution in [3.63, 3.8) is 0 Å². The van der Waals surface area contributed by atoms with E-state index < -0.39 is 50.3 Å². The van der Waals surface area contributed by atoms with Crippen molar-refractivity contribution in [1.29, 1.82) is 0 Å². The molecule has 3 atom stereocenters. The van der Waals surface area contributed by atoms with Crippen LogP contribution in [0.15, 0.2) is 76.4 Å². The number of amides is 1. The molecule has 230 valence electrons. The molecule has 1 fully saturated rings. The van der Waals surface area contributed by atoms with Crippen LogP contribution in [0.1, 0.15) is 39.0 Å². The minimum atomic E-state index is -2.39. The highest BCUT2D eigenvalue weighted by atomic mass is 28.4. The molecule has 43 heavy (non-hydrogen) atoms. The highest BCUT2D eigenvalue weighted by Crippen LogP contribution is 2.41. The second-order valence-corrected chi connectivity index (χ2v) is 16.5. The van der Waals surface area contributed by atoms with E-state index >= 15 is 0 Å². The molecule has 2 aromatic carbocycles. The molecule has 0 saturated carbocycles. The minimum absolute atomic E-state index is 0.164. The molecule has 1 saturated heterocycles. The maximum absolute atomic E-state index is 13.3. The number of aromatic nitrogens is 2. The Morgan fingerprint density at radius 1 is 1.00 bits per heavy atom. The highest BCUT2D eigenvalue weighted by molar-refractivity contribution is 6.74. The van der Waals surface area contributed by atoms with Gasteiger partial charge in [-0.2, -0.15) is 0 Å². The van der Waals surface area contributed by atoms with Gasteiger partial charge in [-0.15, -0.1) is 5.06 Å². The number of hydrogen-bond donors (Lipinski definition) is 1. The van der Waals surface area contributed by atoms with Gasteiger partial charge in [0, 0.05) is 18.2 Å². The van der Waals surface area contributed by atoms with Crippen molar-refractivity contribution in [3.8, 4) is 11.5 Å². The van der Waals surface area contributed by atoms with Crippen LogP contribution in [0.2, 0.25) is 18.1 Å². The number of H-pyrrole nitrogens is 1. The first-order chi connectivity index (χ1) is 20.2. The lowest BCUT2D eigenvalue weighted by Gasteiger charge is -2.39. The molecule has 13 heteroatoms. The molecule has 3 aromatic rings. The van der Waals surface area contributed by atoms with Gasteiger partial charge in [0.05, 0.1) is 12.6 Å². The van der Waals surface area contributed by atoms with Crippen LogP contribution in [-0.4, -0.2) is 53.9 Å². The normalized spacial score (nSPS) is 18.6. The van der Waals surface area contributed by atoms with Gasteiger partial charge in [0.15, 0.2) is 8.32 Å². The van der Waals surface area contributed by atoms with Gasteiger partial charge in [-0.1, -0.05) is 57.2 Å². The van der Waals surface area contributed by atoms with Crippen LogP contribution >= 0.6 is 0 Å². The third-order valence-electron chi connectivity index (χ3n) is 7.52. The second kappa shape index (κ2) is 13.0. The molecule has 1 aliphatic rings. The Labute approximate surface area is 250 Å². The van der Waals surface area contributed by atoms with Crippen LogP contribution in [0.25, 0.3) is 0 Å². The number of para-hydroxylation sites is 2. The second-order valence-electron chi connectivity index (χ2n) is 11.8. The highest BCUT2D eigenvalue weighted by Gasteiger charge is 2.46. The average molecular weight is 612 g/mol. The molecule has 0 bridgehead atoms. The lowest BCUT2D eigenvalue weighted by molar-refractivity contribution is -0.125. The molecule has 2 heterocycles. The summed E-state index contributed by atoms with van der Waals surface area (Å²) < 4.78 is 25.0. The SMILES string of the molecule is Cc1cn([C@H]2C[C@H](O[Si](C)(C)C(C)(C)C)[C@@H](CN(OC(=O)Oc3ccccc3)C(=O)Oc3ccccc3)O2)c(=O)[nH]c1=O. The zero-order valence-corrected chi connectivity index (χ0v) is 26.1. The van der Waals surface area contributed by atoms with Crippen molar-refractivity contribution >= 4 is 20.6 Å². The number of hydrogen-bond acceptors (Lipinski definition) is 9. The molecule has 0 spiro atoms. The van der Waals surface area contributed by atoms with Crippen LogP contribution in [0.4, 0.5) is 9.59 Å². The summed E-state index contributed by atoms with van der Waals surface area (Å²) in [6.07, 6.45) is -2.79. The summed E-state index contributed by atoms with van der Waals surface area (Å²) in [6.45, 7) is 11.7. The largest absolute Gasteiger partial charge is 0.539 e. The van der Waals surface area contributed by atoms with E-state index in [-0.39, 0.29) is 29.5 Å². The first-order valence-electron chi connectivity index (χ1n) is 13.9. The van der Waals surface area contributed by atoms with Gasteiger partial charge in [0.2, 0.25) is 0 Å². The van der Waals surface area contributed by atoms with E-state index in [0.29, 0.717) is 10.6 Å². The minimum Gasteiger partial charge on any atom is -0.411 e. The molecule has 1 amide bonds. The number of aryl methyl sites for hydroxylation is 1. The van der Waals surface area contributed by atoms with E-state index in [2.05, 4.69) is 38.8 Å². The summed E-state index contributed by atoms with van der Waals surface area (Å²) in [5.41, 5.74) is -0.811. The van der Waals surface area contributed by atoms with Gasteiger partial charge in [0.1, 0.15) is 23.8 Å². The first-order valence-corrected chi connectivity index (χ1v) is 16.8. The van der Waals surface area contributed by atoms with Crippen molar-refractivity contribution in [2.45, 2.75) is 70.7 Å². The van der Waals surface area contributed by atoms with Crippen molar-refractivity contribution in [2.75, 3.05) is 6.54 Å². The predicted octanol–water partition coefficient (Wildman–Crippen LogP) is 5.15. The fraction of sp³-hybridized carbons (Fsp3) is 0.400. The van der Waals surface area contributed by atoms with Crippen LogP contribution in [0.5, 0.6) is 11.5 Å². The standard InChI is InChI=1S/C30H37N3O9Si/c1-20-18-32(27(35)31-26(20)34)25-17-23(42-43(5,6)30(2,3)4)24(40-25)19-33(28(36)38-21-13-9-7-10-14-21)41-29(37)39-22-15-11-8-12-16-22/h7-16,18,23-25H,17,19H2,1-6H3,(H,31,34,35)/t23-,24+,25+/m0/s1. The van der Waals surface area contributed by atoms with E-state index in [4.69, 9.17) is 23.5 Å². The van der Waals surface area contributed by atoms with E-state index in [1.807, 2.05) is 0 Å².